The first-order valence-corrected chi connectivity index (χ1v) is 9.48. The van der Waals surface area contributed by atoms with Gasteiger partial charge in [-0.15, -0.1) is 11.3 Å². The number of rotatable bonds is 4. The fraction of sp³-hybridized carbons (Fsp3) is 0.0667. The molecule has 3 rings (SSSR count). The van der Waals surface area contributed by atoms with Crippen LogP contribution in [-0.2, 0) is 16.6 Å². The van der Waals surface area contributed by atoms with Gasteiger partial charge in [-0.1, -0.05) is 23.2 Å². The maximum Gasteiger partial charge on any atom is 0.240 e. The zero-order valence-electron chi connectivity index (χ0n) is 11.2. The van der Waals surface area contributed by atoms with Crippen LogP contribution in [0, 0.1) is 0 Å². The van der Waals surface area contributed by atoms with Crippen molar-refractivity contribution in [3.8, 4) is 0 Å². The van der Waals surface area contributed by atoms with E-state index in [-0.39, 0.29) is 11.4 Å². The molecule has 1 aromatic heterocycles. The number of hydrogen-bond acceptors (Lipinski definition) is 3. The first-order chi connectivity index (χ1) is 10.5. The Balaban J connectivity index is 1.84. The summed E-state index contributed by atoms with van der Waals surface area (Å²) in [4.78, 5) is 0.189. The fourth-order valence-corrected chi connectivity index (χ4v) is 4.31. The summed E-state index contributed by atoms with van der Waals surface area (Å²) in [5.74, 6) is 0. The molecule has 0 unspecified atom stereocenters. The minimum Gasteiger partial charge on any atom is -0.207 e. The van der Waals surface area contributed by atoms with Crippen molar-refractivity contribution in [1.29, 1.82) is 0 Å². The summed E-state index contributed by atoms with van der Waals surface area (Å²) in [5, 5.41) is 4.03. The highest BCUT2D eigenvalue weighted by molar-refractivity contribution is 7.89. The highest BCUT2D eigenvalue weighted by Gasteiger charge is 2.14. The van der Waals surface area contributed by atoms with Gasteiger partial charge in [-0.2, -0.15) is 0 Å². The Kier molecular flexibility index (Phi) is 4.43. The predicted molar refractivity (Wildman–Crippen MR) is 92.3 cm³/mol. The zero-order chi connectivity index (χ0) is 15.7. The summed E-state index contributed by atoms with van der Waals surface area (Å²) in [6.45, 7) is 0.214. The van der Waals surface area contributed by atoms with Crippen LogP contribution in [0.2, 0.25) is 10.0 Å². The minimum absolute atomic E-state index is 0.189. The van der Waals surface area contributed by atoms with Crippen LogP contribution in [0.3, 0.4) is 0 Å². The third-order valence-corrected chi connectivity index (χ3v) is 6.11. The molecule has 0 atom stereocenters. The number of benzene rings is 2. The van der Waals surface area contributed by atoms with Crippen LogP contribution in [-0.4, -0.2) is 8.42 Å². The molecular formula is C15H11Cl2NO2S2. The van der Waals surface area contributed by atoms with Crippen molar-refractivity contribution < 1.29 is 8.42 Å². The van der Waals surface area contributed by atoms with Crippen molar-refractivity contribution in [2.45, 2.75) is 11.4 Å². The quantitative estimate of drug-likeness (QED) is 0.722. The third kappa shape index (κ3) is 3.29. The molecule has 2 aromatic carbocycles. The number of fused-ring (bicyclic) bond motifs is 1. The summed E-state index contributed by atoms with van der Waals surface area (Å²) in [6, 6.07) is 11.7. The molecule has 0 fully saturated rings. The Morgan fingerprint density at radius 2 is 1.68 bits per heavy atom. The lowest BCUT2D eigenvalue weighted by Crippen LogP contribution is -2.23. The monoisotopic (exact) mass is 371 g/mol. The van der Waals surface area contributed by atoms with E-state index in [2.05, 4.69) is 4.72 Å². The van der Waals surface area contributed by atoms with E-state index in [4.69, 9.17) is 23.2 Å². The molecule has 0 aliphatic heterocycles. The molecule has 22 heavy (non-hydrogen) atoms. The SMILES string of the molecule is O=S(=O)(NCc1csc2ccc(Cl)cc12)c1ccc(Cl)cc1. The van der Waals surface area contributed by atoms with Crippen LogP contribution in [0.1, 0.15) is 5.56 Å². The maximum atomic E-state index is 12.3. The van der Waals surface area contributed by atoms with Gasteiger partial charge < -0.3 is 0 Å². The smallest absolute Gasteiger partial charge is 0.207 e. The largest absolute Gasteiger partial charge is 0.240 e. The Bertz CT molecular complexity index is 918. The molecular weight excluding hydrogens is 361 g/mol. The predicted octanol–water partition coefficient (Wildman–Crippen LogP) is 4.69. The van der Waals surface area contributed by atoms with E-state index in [0.717, 1.165) is 15.6 Å². The van der Waals surface area contributed by atoms with Crippen molar-refractivity contribution in [1.82, 2.24) is 4.72 Å². The molecule has 0 saturated heterocycles. The highest BCUT2D eigenvalue weighted by Crippen LogP contribution is 2.28. The molecule has 114 valence electrons. The van der Waals surface area contributed by atoms with Gasteiger partial charge in [0.1, 0.15) is 0 Å². The molecule has 0 aliphatic rings. The summed E-state index contributed by atoms with van der Waals surface area (Å²) in [6.07, 6.45) is 0. The molecule has 1 N–H and O–H groups in total. The topological polar surface area (TPSA) is 46.2 Å². The fourth-order valence-electron chi connectivity index (χ4n) is 2.06. The van der Waals surface area contributed by atoms with Crippen molar-refractivity contribution >= 4 is 54.6 Å². The number of nitrogens with one attached hydrogen (secondary N) is 1. The lowest BCUT2D eigenvalue weighted by Gasteiger charge is -2.06. The lowest BCUT2D eigenvalue weighted by molar-refractivity contribution is 0.581. The molecule has 0 aliphatic carbocycles. The van der Waals surface area contributed by atoms with Crippen molar-refractivity contribution in [3.05, 3.63) is 63.5 Å². The van der Waals surface area contributed by atoms with E-state index in [1.54, 1.807) is 23.5 Å². The first kappa shape index (κ1) is 15.8. The van der Waals surface area contributed by atoms with E-state index < -0.39 is 10.0 Å². The van der Waals surface area contributed by atoms with Crippen LogP contribution in [0.4, 0.5) is 0 Å². The number of sulfonamides is 1. The second-order valence-corrected chi connectivity index (χ2v) is 8.23. The van der Waals surface area contributed by atoms with Gasteiger partial charge in [0.25, 0.3) is 0 Å². The zero-order valence-corrected chi connectivity index (χ0v) is 14.4. The summed E-state index contributed by atoms with van der Waals surface area (Å²) >= 11 is 13.3. The van der Waals surface area contributed by atoms with E-state index in [1.165, 1.54) is 12.1 Å². The Morgan fingerprint density at radius 3 is 2.41 bits per heavy atom. The molecule has 3 aromatic rings. The Labute approximate surface area is 142 Å². The average Bonchev–Trinajstić information content (AvgIpc) is 2.88. The molecule has 0 bridgehead atoms. The lowest BCUT2D eigenvalue weighted by atomic mass is 10.2. The van der Waals surface area contributed by atoms with Gasteiger partial charge in [0.15, 0.2) is 0 Å². The highest BCUT2D eigenvalue weighted by atomic mass is 35.5. The maximum absolute atomic E-state index is 12.3. The van der Waals surface area contributed by atoms with Crippen LogP contribution >= 0.6 is 34.5 Å². The summed E-state index contributed by atoms with van der Waals surface area (Å²) < 4.78 is 28.2. The second kappa shape index (κ2) is 6.18. The third-order valence-electron chi connectivity index (χ3n) is 3.19. The first-order valence-electron chi connectivity index (χ1n) is 6.36. The van der Waals surface area contributed by atoms with E-state index >= 15 is 0 Å². The van der Waals surface area contributed by atoms with Gasteiger partial charge in [0.2, 0.25) is 10.0 Å². The average molecular weight is 372 g/mol. The molecule has 0 saturated carbocycles. The normalized spacial score (nSPS) is 11.9. The van der Waals surface area contributed by atoms with Crippen LogP contribution in [0.25, 0.3) is 10.1 Å². The van der Waals surface area contributed by atoms with Gasteiger partial charge in [-0.3, -0.25) is 0 Å². The number of thiophene rings is 1. The molecule has 3 nitrogen and oxygen atoms in total. The summed E-state index contributed by atoms with van der Waals surface area (Å²) in [5.41, 5.74) is 0.903. The second-order valence-electron chi connectivity index (χ2n) is 4.68. The van der Waals surface area contributed by atoms with Crippen molar-refractivity contribution in [2.75, 3.05) is 0 Å². The number of halogens is 2. The Morgan fingerprint density at radius 1 is 1.00 bits per heavy atom. The molecule has 7 heteroatoms. The van der Waals surface area contributed by atoms with Gasteiger partial charge in [-0.05, 0) is 58.8 Å². The molecule has 0 spiro atoms. The van der Waals surface area contributed by atoms with E-state index in [9.17, 15) is 8.42 Å². The van der Waals surface area contributed by atoms with E-state index in [1.807, 2.05) is 23.6 Å². The molecule has 0 radical (unpaired) electrons. The van der Waals surface area contributed by atoms with Crippen molar-refractivity contribution in [2.24, 2.45) is 0 Å². The molecule has 1 heterocycles. The Hall–Kier alpha value is -1.11. The minimum atomic E-state index is -3.57. The van der Waals surface area contributed by atoms with Crippen LogP contribution in [0.15, 0.2) is 52.7 Å². The van der Waals surface area contributed by atoms with Crippen LogP contribution < -0.4 is 4.72 Å². The standard InChI is InChI=1S/C15H11Cl2NO2S2/c16-11-1-4-13(5-2-11)22(19,20)18-8-10-9-21-15-6-3-12(17)7-14(10)15/h1-7,9,18H,8H2. The molecule has 0 amide bonds. The van der Waals surface area contributed by atoms with Gasteiger partial charge in [-0.25, -0.2) is 13.1 Å². The van der Waals surface area contributed by atoms with Gasteiger partial charge in [0, 0.05) is 21.3 Å². The van der Waals surface area contributed by atoms with Crippen LogP contribution in [0.5, 0.6) is 0 Å². The van der Waals surface area contributed by atoms with Gasteiger partial charge in [0.05, 0.1) is 4.90 Å². The summed E-state index contributed by atoms with van der Waals surface area (Å²) in [7, 11) is -3.57. The van der Waals surface area contributed by atoms with E-state index in [0.29, 0.717) is 10.0 Å². The van der Waals surface area contributed by atoms with Crippen molar-refractivity contribution in [3.63, 3.8) is 0 Å². The number of hydrogen-bond donors (Lipinski definition) is 1. The van der Waals surface area contributed by atoms with Gasteiger partial charge >= 0.3 is 0 Å².